The number of benzene rings is 3. The van der Waals surface area contributed by atoms with Gasteiger partial charge in [0.2, 0.25) is 0 Å². The van der Waals surface area contributed by atoms with Gasteiger partial charge in [0.05, 0.1) is 6.04 Å². The first-order valence-electron chi connectivity index (χ1n) is 12.3. The van der Waals surface area contributed by atoms with E-state index in [9.17, 15) is 4.79 Å². The molecule has 4 heteroatoms. The van der Waals surface area contributed by atoms with Gasteiger partial charge in [-0.3, -0.25) is 9.69 Å². The van der Waals surface area contributed by atoms with Gasteiger partial charge in [-0.2, -0.15) is 0 Å². The Morgan fingerprint density at radius 3 is 1.88 bits per heavy atom. The Bertz CT molecular complexity index is 1030. The molecule has 1 heterocycles. The van der Waals surface area contributed by atoms with Crippen molar-refractivity contribution in [2.75, 3.05) is 26.2 Å². The lowest BCUT2D eigenvalue weighted by Gasteiger charge is -2.40. The number of hydrogen-bond acceptors (Lipinski definition) is 3. The van der Waals surface area contributed by atoms with Crippen molar-refractivity contribution in [3.63, 3.8) is 0 Å². The van der Waals surface area contributed by atoms with E-state index < -0.39 is 6.10 Å². The molecule has 1 fully saturated rings. The molecular weight excluding hydrogens is 420 g/mol. The molecule has 3 aromatic rings. The van der Waals surface area contributed by atoms with E-state index in [1.165, 1.54) is 11.1 Å². The highest BCUT2D eigenvalue weighted by atomic mass is 16.5. The molecule has 178 valence electrons. The van der Waals surface area contributed by atoms with Crippen LogP contribution in [0.15, 0.2) is 78.9 Å². The molecule has 4 nitrogen and oxygen atoms in total. The third kappa shape index (κ3) is 5.51. The molecule has 1 atom stereocenters. The van der Waals surface area contributed by atoms with Crippen LogP contribution in [0.2, 0.25) is 0 Å². The van der Waals surface area contributed by atoms with Crippen molar-refractivity contribution in [1.82, 2.24) is 9.80 Å². The molecular formula is C30H36N2O2. The molecule has 0 saturated carbocycles. The maximum Gasteiger partial charge on any atom is 0.263 e. The van der Waals surface area contributed by atoms with E-state index in [1.807, 2.05) is 17.9 Å². The maximum absolute atomic E-state index is 13.3. The van der Waals surface area contributed by atoms with Crippen molar-refractivity contribution in [2.24, 2.45) is 0 Å². The van der Waals surface area contributed by atoms with Crippen LogP contribution in [-0.2, 0) is 4.79 Å². The lowest BCUT2D eigenvalue weighted by molar-refractivity contribution is -0.140. The van der Waals surface area contributed by atoms with Gasteiger partial charge in [-0.05, 0) is 48.1 Å². The van der Waals surface area contributed by atoms with E-state index in [0.717, 1.165) is 30.0 Å². The van der Waals surface area contributed by atoms with Gasteiger partial charge >= 0.3 is 0 Å². The fourth-order valence-corrected chi connectivity index (χ4v) is 4.80. The number of carbonyl (C=O) groups is 1. The summed E-state index contributed by atoms with van der Waals surface area (Å²) in [5.74, 6) is 1.23. The number of ether oxygens (including phenoxy) is 1. The summed E-state index contributed by atoms with van der Waals surface area (Å²) in [4.78, 5) is 17.7. The summed E-state index contributed by atoms with van der Waals surface area (Å²) in [7, 11) is 0. The highest BCUT2D eigenvalue weighted by Gasteiger charge is 2.30. The number of nitrogens with zero attached hydrogens (tertiary/aromatic N) is 2. The molecule has 4 rings (SSSR count). The average Bonchev–Trinajstić information content (AvgIpc) is 2.85. The maximum atomic E-state index is 13.3. The first-order chi connectivity index (χ1) is 16.4. The molecule has 0 N–H and O–H groups in total. The molecule has 0 spiro atoms. The average molecular weight is 457 g/mol. The predicted molar refractivity (Wildman–Crippen MR) is 138 cm³/mol. The Balaban J connectivity index is 1.44. The lowest BCUT2D eigenvalue weighted by atomic mass is 9.96. The van der Waals surface area contributed by atoms with E-state index in [4.69, 9.17) is 4.74 Å². The summed E-state index contributed by atoms with van der Waals surface area (Å²) in [6.07, 6.45) is -0.509. The van der Waals surface area contributed by atoms with Crippen LogP contribution in [0.3, 0.4) is 0 Å². The third-order valence-corrected chi connectivity index (χ3v) is 6.66. The molecule has 34 heavy (non-hydrogen) atoms. The SMILES string of the molecule is Cc1ccc(C(C)C)c(OC(C)C(=O)N2CCN(C(c3ccccc3)c3ccccc3)CC2)c1. The zero-order valence-corrected chi connectivity index (χ0v) is 20.8. The normalized spacial score (nSPS) is 15.5. The number of hydrogen-bond donors (Lipinski definition) is 0. The summed E-state index contributed by atoms with van der Waals surface area (Å²) >= 11 is 0. The van der Waals surface area contributed by atoms with Crippen LogP contribution >= 0.6 is 0 Å². The highest BCUT2D eigenvalue weighted by molar-refractivity contribution is 5.81. The van der Waals surface area contributed by atoms with Crippen molar-refractivity contribution in [2.45, 2.75) is 45.8 Å². The Labute approximate surface area is 204 Å². The fourth-order valence-electron chi connectivity index (χ4n) is 4.80. The predicted octanol–water partition coefficient (Wildman–Crippen LogP) is 5.82. The summed E-state index contributed by atoms with van der Waals surface area (Å²) < 4.78 is 6.21. The molecule has 3 aromatic carbocycles. The van der Waals surface area contributed by atoms with Crippen LogP contribution in [0.25, 0.3) is 0 Å². The van der Waals surface area contributed by atoms with Crippen molar-refractivity contribution >= 4 is 5.91 Å². The zero-order valence-electron chi connectivity index (χ0n) is 20.8. The topological polar surface area (TPSA) is 32.8 Å². The molecule has 1 amide bonds. The standard InChI is InChI=1S/C30H36N2O2/c1-22(2)27-16-15-23(3)21-28(27)34-24(4)30(33)32-19-17-31(18-20-32)29(25-11-7-5-8-12-25)26-13-9-6-10-14-26/h5-16,21-22,24,29H,17-20H2,1-4H3. The second kappa shape index (κ2) is 10.9. The van der Waals surface area contributed by atoms with E-state index in [0.29, 0.717) is 19.0 Å². The van der Waals surface area contributed by atoms with E-state index in [-0.39, 0.29) is 11.9 Å². The van der Waals surface area contributed by atoms with Crippen LogP contribution in [0.5, 0.6) is 5.75 Å². The van der Waals surface area contributed by atoms with Gasteiger partial charge < -0.3 is 9.64 Å². The Morgan fingerprint density at radius 1 is 0.794 bits per heavy atom. The summed E-state index contributed by atoms with van der Waals surface area (Å²) in [6, 6.07) is 27.7. The Hall–Kier alpha value is -3.11. The number of amides is 1. The van der Waals surface area contributed by atoms with Gasteiger partial charge in [0.25, 0.3) is 5.91 Å². The zero-order chi connectivity index (χ0) is 24.1. The number of piperazine rings is 1. The minimum absolute atomic E-state index is 0.0619. The van der Waals surface area contributed by atoms with Crippen LogP contribution in [0.4, 0.5) is 0 Å². The van der Waals surface area contributed by atoms with Gasteiger partial charge in [0, 0.05) is 26.2 Å². The monoisotopic (exact) mass is 456 g/mol. The van der Waals surface area contributed by atoms with Gasteiger partial charge in [-0.25, -0.2) is 0 Å². The fraction of sp³-hybridized carbons (Fsp3) is 0.367. The first kappa shape index (κ1) is 24.0. The minimum atomic E-state index is -0.509. The third-order valence-electron chi connectivity index (χ3n) is 6.66. The van der Waals surface area contributed by atoms with Gasteiger partial charge in [-0.1, -0.05) is 86.6 Å². The molecule has 1 aliphatic heterocycles. The molecule has 0 radical (unpaired) electrons. The number of rotatable bonds is 7. The second-order valence-electron chi connectivity index (χ2n) is 9.54. The van der Waals surface area contributed by atoms with Crippen LogP contribution < -0.4 is 4.74 Å². The quantitative estimate of drug-likeness (QED) is 0.449. The van der Waals surface area contributed by atoms with Crippen LogP contribution in [0.1, 0.15) is 55.0 Å². The molecule has 1 unspecified atom stereocenters. The van der Waals surface area contributed by atoms with E-state index >= 15 is 0 Å². The largest absolute Gasteiger partial charge is 0.481 e. The summed E-state index contributed by atoms with van der Waals surface area (Å²) in [5.41, 5.74) is 4.85. The van der Waals surface area contributed by atoms with Crippen LogP contribution in [-0.4, -0.2) is 48.0 Å². The second-order valence-corrected chi connectivity index (χ2v) is 9.54. The smallest absolute Gasteiger partial charge is 0.263 e. The molecule has 1 aliphatic rings. The summed E-state index contributed by atoms with van der Waals surface area (Å²) in [5, 5.41) is 0. The molecule has 1 saturated heterocycles. The first-order valence-corrected chi connectivity index (χ1v) is 12.3. The van der Waals surface area contributed by atoms with Gasteiger partial charge in [0.1, 0.15) is 5.75 Å². The Kier molecular flexibility index (Phi) is 7.69. The van der Waals surface area contributed by atoms with Crippen molar-refractivity contribution in [3.8, 4) is 5.75 Å². The van der Waals surface area contributed by atoms with Crippen molar-refractivity contribution in [1.29, 1.82) is 0 Å². The van der Waals surface area contributed by atoms with E-state index in [1.54, 1.807) is 0 Å². The molecule has 0 aliphatic carbocycles. The Morgan fingerprint density at radius 2 is 1.35 bits per heavy atom. The summed E-state index contributed by atoms with van der Waals surface area (Å²) in [6.45, 7) is 11.3. The van der Waals surface area contributed by atoms with Crippen molar-refractivity contribution in [3.05, 3.63) is 101 Å². The highest BCUT2D eigenvalue weighted by Crippen LogP contribution is 2.31. The number of aryl methyl sites for hydroxylation is 1. The van der Waals surface area contributed by atoms with Crippen molar-refractivity contribution < 1.29 is 9.53 Å². The lowest BCUT2D eigenvalue weighted by Crippen LogP contribution is -2.52. The molecule has 0 bridgehead atoms. The minimum Gasteiger partial charge on any atom is -0.481 e. The van der Waals surface area contributed by atoms with Gasteiger partial charge in [0.15, 0.2) is 6.10 Å². The van der Waals surface area contributed by atoms with Crippen LogP contribution in [0, 0.1) is 6.92 Å². The van der Waals surface area contributed by atoms with Gasteiger partial charge in [-0.15, -0.1) is 0 Å². The molecule has 0 aromatic heterocycles. The number of carbonyl (C=O) groups excluding carboxylic acids is 1. The van der Waals surface area contributed by atoms with E-state index in [2.05, 4.69) is 98.5 Å².